The molecule has 0 amide bonds. The van der Waals surface area contributed by atoms with Crippen molar-refractivity contribution in [3.63, 3.8) is 0 Å². The Balaban J connectivity index is 1.74. The molecule has 1 aromatic rings. The van der Waals surface area contributed by atoms with E-state index < -0.39 is 0 Å². The van der Waals surface area contributed by atoms with Crippen molar-refractivity contribution in [1.29, 1.82) is 0 Å². The number of anilines is 1. The Kier molecular flexibility index (Phi) is 3.55. The standard InChI is InChI=1S/C16H24N2/c1-17-12-13-6-8-15(9-7-13)18-11-10-14-4-2-3-5-16(14)18/h6-9,14,16-17H,2-5,10-12H2,1H3. The number of benzene rings is 1. The summed E-state index contributed by atoms with van der Waals surface area (Å²) >= 11 is 0. The lowest BCUT2D eigenvalue weighted by Gasteiger charge is -2.33. The zero-order valence-corrected chi connectivity index (χ0v) is 11.4. The summed E-state index contributed by atoms with van der Waals surface area (Å²) in [5.74, 6) is 0.968. The van der Waals surface area contributed by atoms with Gasteiger partial charge in [-0.05, 0) is 49.9 Å². The average molecular weight is 244 g/mol. The summed E-state index contributed by atoms with van der Waals surface area (Å²) < 4.78 is 0. The van der Waals surface area contributed by atoms with Crippen LogP contribution in [-0.2, 0) is 6.54 Å². The molecule has 0 bridgehead atoms. The summed E-state index contributed by atoms with van der Waals surface area (Å²) in [6.45, 7) is 2.23. The quantitative estimate of drug-likeness (QED) is 0.878. The third-order valence-corrected chi connectivity index (χ3v) is 4.66. The SMILES string of the molecule is CNCc1ccc(N2CCC3CCCCC32)cc1. The summed E-state index contributed by atoms with van der Waals surface area (Å²) in [4.78, 5) is 2.66. The molecular formula is C16H24N2. The lowest BCUT2D eigenvalue weighted by atomic mass is 9.85. The molecule has 2 atom stereocenters. The highest BCUT2D eigenvalue weighted by Gasteiger charge is 2.35. The van der Waals surface area contributed by atoms with Crippen molar-refractivity contribution in [2.45, 2.75) is 44.7 Å². The number of hydrogen-bond donors (Lipinski definition) is 1. The molecule has 1 aromatic carbocycles. The second-order valence-corrected chi connectivity index (χ2v) is 5.79. The zero-order valence-electron chi connectivity index (χ0n) is 11.4. The summed E-state index contributed by atoms with van der Waals surface area (Å²) in [6, 6.07) is 9.98. The monoisotopic (exact) mass is 244 g/mol. The minimum atomic E-state index is 0.828. The number of nitrogens with one attached hydrogen (secondary N) is 1. The molecule has 3 rings (SSSR count). The summed E-state index contributed by atoms with van der Waals surface area (Å²) in [6.07, 6.45) is 7.15. The topological polar surface area (TPSA) is 15.3 Å². The molecule has 2 nitrogen and oxygen atoms in total. The van der Waals surface area contributed by atoms with Crippen LogP contribution in [0.3, 0.4) is 0 Å². The van der Waals surface area contributed by atoms with Gasteiger partial charge in [0.2, 0.25) is 0 Å². The Morgan fingerprint density at radius 3 is 2.67 bits per heavy atom. The van der Waals surface area contributed by atoms with E-state index in [1.54, 1.807) is 0 Å². The largest absolute Gasteiger partial charge is 0.368 e. The van der Waals surface area contributed by atoms with Crippen LogP contribution in [0.5, 0.6) is 0 Å². The number of rotatable bonds is 3. The van der Waals surface area contributed by atoms with E-state index >= 15 is 0 Å². The van der Waals surface area contributed by atoms with Gasteiger partial charge < -0.3 is 10.2 Å². The predicted octanol–water partition coefficient (Wildman–Crippen LogP) is 3.17. The summed E-state index contributed by atoms with van der Waals surface area (Å²) in [5.41, 5.74) is 2.81. The maximum absolute atomic E-state index is 3.20. The first-order valence-electron chi connectivity index (χ1n) is 7.38. The van der Waals surface area contributed by atoms with Gasteiger partial charge in [0.1, 0.15) is 0 Å². The summed E-state index contributed by atoms with van der Waals surface area (Å²) in [5, 5.41) is 3.20. The van der Waals surface area contributed by atoms with E-state index in [9.17, 15) is 0 Å². The average Bonchev–Trinajstić information content (AvgIpc) is 2.84. The smallest absolute Gasteiger partial charge is 0.0369 e. The van der Waals surface area contributed by atoms with Gasteiger partial charge in [0.05, 0.1) is 0 Å². The van der Waals surface area contributed by atoms with Gasteiger partial charge >= 0.3 is 0 Å². The van der Waals surface area contributed by atoms with E-state index in [0.29, 0.717) is 0 Å². The molecule has 1 saturated carbocycles. The fourth-order valence-electron chi connectivity index (χ4n) is 3.74. The summed E-state index contributed by atoms with van der Waals surface area (Å²) in [7, 11) is 2.00. The third-order valence-electron chi connectivity index (χ3n) is 4.66. The fraction of sp³-hybridized carbons (Fsp3) is 0.625. The van der Waals surface area contributed by atoms with Crippen LogP contribution in [0.15, 0.2) is 24.3 Å². The first-order valence-corrected chi connectivity index (χ1v) is 7.38. The van der Waals surface area contributed by atoms with E-state index in [1.807, 2.05) is 7.05 Å². The Morgan fingerprint density at radius 2 is 1.89 bits per heavy atom. The Morgan fingerprint density at radius 1 is 1.11 bits per heavy atom. The molecule has 0 spiro atoms. The number of fused-ring (bicyclic) bond motifs is 1. The van der Waals surface area contributed by atoms with E-state index in [1.165, 1.54) is 49.9 Å². The minimum absolute atomic E-state index is 0.828. The van der Waals surface area contributed by atoms with Gasteiger partial charge in [0.15, 0.2) is 0 Å². The molecule has 1 saturated heterocycles. The van der Waals surface area contributed by atoms with Crippen molar-refractivity contribution < 1.29 is 0 Å². The zero-order chi connectivity index (χ0) is 12.4. The Labute approximate surface area is 110 Å². The fourth-order valence-corrected chi connectivity index (χ4v) is 3.74. The normalized spacial score (nSPS) is 27.3. The molecule has 0 radical (unpaired) electrons. The second kappa shape index (κ2) is 5.31. The lowest BCUT2D eigenvalue weighted by molar-refractivity contribution is 0.342. The Bertz CT molecular complexity index is 385. The van der Waals surface area contributed by atoms with Gasteiger partial charge in [-0.1, -0.05) is 25.0 Å². The highest BCUT2D eigenvalue weighted by molar-refractivity contribution is 5.50. The van der Waals surface area contributed by atoms with Crippen molar-refractivity contribution in [3.8, 4) is 0 Å². The maximum atomic E-state index is 3.20. The number of hydrogen-bond acceptors (Lipinski definition) is 2. The molecular weight excluding hydrogens is 220 g/mol. The molecule has 0 aromatic heterocycles. The van der Waals surface area contributed by atoms with E-state index in [-0.39, 0.29) is 0 Å². The molecule has 1 heterocycles. The number of nitrogens with zero attached hydrogens (tertiary/aromatic N) is 1. The van der Waals surface area contributed by atoms with Crippen LogP contribution in [0.2, 0.25) is 0 Å². The third kappa shape index (κ3) is 2.26. The van der Waals surface area contributed by atoms with Gasteiger partial charge in [-0.2, -0.15) is 0 Å². The van der Waals surface area contributed by atoms with Crippen LogP contribution in [0.1, 0.15) is 37.7 Å². The van der Waals surface area contributed by atoms with Gasteiger partial charge in [-0.15, -0.1) is 0 Å². The first-order chi connectivity index (χ1) is 8.88. The Hall–Kier alpha value is -1.02. The van der Waals surface area contributed by atoms with Crippen molar-refractivity contribution in [1.82, 2.24) is 5.32 Å². The molecule has 18 heavy (non-hydrogen) atoms. The second-order valence-electron chi connectivity index (χ2n) is 5.79. The van der Waals surface area contributed by atoms with E-state index in [4.69, 9.17) is 0 Å². The van der Waals surface area contributed by atoms with Crippen molar-refractivity contribution in [2.24, 2.45) is 5.92 Å². The van der Waals surface area contributed by atoms with Gasteiger partial charge in [0.25, 0.3) is 0 Å². The van der Waals surface area contributed by atoms with Crippen LogP contribution < -0.4 is 10.2 Å². The van der Waals surface area contributed by atoms with Crippen molar-refractivity contribution >= 4 is 5.69 Å². The molecule has 2 heteroatoms. The van der Waals surface area contributed by atoms with E-state index in [2.05, 4.69) is 34.5 Å². The highest BCUT2D eigenvalue weighted by atomic mass is 15.2. The molecule has 2 aliphatic rings. The molecule has 1 aliphatic heterocycles. The van der Waals surface area contributed by atoms with Gasteiger partial charge in [-0.25, -0.2) is 0 Å². The van der Waals surface area contributed by atoms with Crippen LogP contribution in [0.25, 0.3) is 0 Å². The van der Waals surface area contributed by atoms with Gasteiger partial charge in [0, 0.05) is 24.8 Å². The molecule has 2 fully saturated rings. The van der Waals surface area contributed by atoms with Crippen molar-refractivity contribution in [2.75, 3.05) is 18.5 Å². The van der Waals surface area contributed by atoms with Gasteiger partial charge in [-0.3, -0.25) is 0 Å². The van der Waals surface area contributed by atoms with Crippen LogP contribution >= 0.6 is 0 Å². The molecule has 98 valence electrons. The van der Waals surface area contributed by atoms with Crippen LogP contribution in [0, 0.1) is 5.92 Å². The van der Waals surface area contributed by atoms with Crippen LogP contribution in [-0.4, -0.2) is 19.6 Å². The highest BCUT2D eigenvalue weighted by Crippen LogP contribution is 2.38. The molecule has 1 N–H and O–H groups in total. The van der Waals surface area contributed by atoms with Crippen molar-refractivity contribution in [3.05, 3.63) is 29.8 Å². The minimum Gasteiger partial charge on any atom is -0.368 e. The first kappa shape index (κ1) is 12.0. The predicted molar refractivity (Wildman–Crippen MR) is 76.9 cm³/mol. The maximum Gasteiger partial charge on any atom is 0.0369 e. The molecule has 2 unspecified atom stereocenters. The van der Waals surface area contributed by atoms with Crippen LogP contribution in [0.4, 0.5) is 5.69 Å². The van der Waals surface area contributed by atoms with E-state index in [0.717, 1.165) is 18.5 Å². The molecule has 1 aliphatic carbocycles. The lowest BCUT2D eigenvalue weighted by Crippen LogP contribution is -2.34.